The van der Waals surface area contributed by atoms with Gasteiger partial charge in [0.25, 0.3) is 0 Å². The van der Waals surface area contributed by atoms with Crippen molar-refractivity contribution in [3.8, 4) is 0 Å². The number of unbranched alkanes of at least 4 members (excludes halogenated alkanes) is 4. The number of nitrogens with two attached hydrogens (primary N) is 1. The third-order valence-corrected chi connectivity index (χ3v) is 4.24. The van der Waals surface area contributed by atoms with Gasteiger partial charge in [-0.05, 0) is 32.1 Å². The second-order valence-electron chi connectivity index (χ2n) is 7.10. The Kier molecular flexibility index (Phi) is 12.4. The molecule has 0 amide bonds. The highest BCUT2D eigenvalue weighted by molar-refractivity contribution is 4.83. The van der Waals surface area contributed by atoms with Crippen molar-refractivity contribution in [3.05, 3.63) is 0 Å². The molecule has 0 aromatic heterocycles. The lowest BCUT2D eigenvalue weighted by molar-refractivity contribution is -0.0255. The van der Waals surface area contributed by atoms with Gasteiger partial charge in [0.1, 0.15) is 0 Å². The van der Waals surface area contributed by atoms with Gasteiger partial charge in [0, 0.05) is 26.2 Å². The Balaban J connectivity index is 4.30. The summed E-state index contributed by atoms with van der Waals surface area (Å²) in [6.45, 7) is 10.7. The lowest BCUT2D eigenvalue weighted by Crippen LogP contribution is -2.41. The molecule has 0 rings (SSSR count). The number of methoxy groups -OCH3 is 1. The third kappa shape index (κ3) is 11.1. The first-order valence-electron chi connectivity index (χ1n) is 8.96. The summed E-state index contributed by atoms with van der Waals surface area (Å²) >= 11 is 0. The minimum absolute atomic E-state index is 0.0240. The van der Waals surface area contributed by atoms with Crippen LogP contribution < -0.4 is 11.1 Å². The van der Waals surface area contributed by atoms with E-state index in [2.05, 4.69) is 33.0 Å². The molecule has 0 aromatic carbocycles. The SMILES string of the molecule is CCCCCCCC(CC(C)(CC(C)C)OC)NCCN. The fraction of sp³-hybridized carbons (Fsp3) is 1.00. The predicted octanol–water partition coefficient (Wildman–Crippen LogP) is 4.11. The van der Waals surface area contributed by atoms with Gasteiger partial charge >= 0.3 is 0 Å². The van der Waals surface area contributed by atoms with Gasteiger partial charge in [0.15, 0.2) is 0 Å². The van der Waals surface area contributed by atoms with Crippen molar-refractivity contribution in [2.75, 3.05) is 20.2 Å². The van der Waals surface area contributed by atoms with E-state index in [4.69, 9.17) is 10.5 Å². The molecule has 0 saturated heterocycles. The van der Waals surface area contributed by atoms with Crippen molar-refractivity contribution >= 4 is 0 Å². The number of hydrogen-bond acceptors (Lipinski definition) is 3. The zero-order valence-corrected chi connectivity index (χ0v) is 15.2. The van der Waals surface area contributed by atoms with E-state index in [1.165, 1.54) is 38.5 Å². The van der Waals surface area contributed by atoms with Crippen LogP contribution in [0.15, 0.2) is 0 Å². The van der Waals surface area contributed by atoms with Crippen LogP contribution in [0.4, 0.5) is 0 Å². The molecule has 0 heterocycles. The number of nitrogens with one attached hydrogen (secondary N) is 1. The van der Waals surface area contributed by atoms with Crippen molar-refractivity contribution in [1.29, 1.82) is 0 Å². The van der Waals surface area contributed by atoms with E-state index < -0.39 is 0 Å². The van der Waals surface area contributed by atoms with Gasteiger partial charge in [-0.25, -0.2) is 0 Å². The van der Waals surface area contributed by atoms with Crippen LogP contribution in [0.1, 0.15) is 79.1 Å². The first-order chi connectivity index (χ1) is 9.97. The summed E-state index contributed by atoms with van der Waals surface area (Å²) in [5.41, 5.74) is 5.63. The van der Waals surface area contributed by atoms with Crippen molar-refractivity contribution in [2.45, 2.75) is 90.7 Å². The summed E-state index contributed by atoms with van der Waals surface area (Å²) in [5, 5.41) is 3.62. The Morgan fingerprint density at radius 1 is 1.10 bits per heavy atom. The largest absolute Gasteiger partial charge is 0.378 e. The van der Waals surface area contributed by atoms with Crippen LogP contribution in [0, 0.1) is 5.92 Å². The zero-order chi connectivity index (χ0) is 16.1. The van der Waals surface area contributed by atoms with Crippen LogP contribution >= 0.6 is 0 Å². The smallest absolute Gasteiger partial charge is 0.0668 e. The molecular weight excluding hydrogens is 260 g/mol. The summed E-state index contributed by atoms with van der Waals surface area (Å²) in [7, 11) is 1.85. The van der Waals surface area contributed by atoms with Crippen LogP contribution in [0.25, 0.3) is 0 Å². The molecular formula is C18H40N2O. The van der Waals surface area contributed by atoms with Crippen LogP contribution in [0.5, 0.6) is 0 Å². The molecule has 0 aliphatic carbocycles. The summed E-state index contributed by atoms with van der Waals surface area (Å²) in [5.74, 6) is 0.662. The van der Waals surface area contributed by atoms with Crippen LogP contribution in [-0.4, -0.2) is 31.8 Å². The van der Waals surface area contributed by atoms with Crippen molar-refractivity contribution in [3.63, 3.8) is 0 Å². The normalized spacial score (nSPS) is 16.1. The van der Waals surface area contributed by atoms with Crippen molar-refractivity contribution < 1.29 is 4.74 Å². The monoisotopic (exact) mass is 300 g/mol. The average Bonchev–Trinajstić information content (AvgIpc) is 2.43. The Hall–Kier alpha value is -0.120. The molecule has 0 spiro atoms. The Labute approximate surface area is 133 Å². The average molecular weight is 301 g/mol. The maximum absolute atomic E-state index is 5.83. The van der Waals surface area contributed by atoms with E-state index in [-0.39, 0.29) is 5.60 Å². The van der Waals surface area contributed by atoms with Crippen LogP contribution in [0.2, 0.25) is 0 Å². The highest BCUT2D eigenvalue weighted by Gasteiger charge is 2.28. The van der Waals surface area contributed by atoms with Gasteiger partial charge in [-0.2, -0.15) is 0 Å². The van der Waals surface area contributed by atoms with E-state index >= 15 is 0 Å². The molecule has 0 aliphatic heterocycles. The second-order valence-corrected chi connectivity index (χ2v) is 7.10. The summed E-state index contributed by atoms with van der Waals surface area (Å²) in [6, 6.07) is 0.527. The summed E-state index contributed by atoms with van der Waals surface area (Å²) in [4.78, 5) is 0. The minimum Gasteiger partial charge on any atom is -0.378 e. The lowest BCUT2D eigenvalue weighted by Gasteiger charge is -2.34. The molecule has 0 radical (unpaired) electrons. The number of hydrogen-bond donors (Lipinski definition) is 2. The molecule has 2 atom stereocenters. The maximum Gasteiger partial charge on any atom is 0.0668 e. The summed E-state index contributed by atoms with van der Waals surface area (Å²) < 4.78 is 5.83. The highest BCUT2D eigenvalue weighted by atomic mass is 16.5. The predicted molar refractivity (Wildman–Crippen MR) is 93.7 cm³/mol. The third-order valence-electron chi connectivity index (χ3n) is 4.24. The maximum atomic E-state index is 5.83. The quantitative estimate of drug-likeness (QED) is 0.475. The van der Waals surface area contributed by atoms with Crippen molar-refractivity contribution in [2.24, 2.45) is 11.7 Å². The molecule has 2 unspecified atom stereocenters. The molecule has 3 nitrogen and oxygen atoms in total. The van der Waals surface area contributed by atoms with E-state index in [1.807, 2.05) is 7.11 Å². The zero-order valence-electron chi connectivity index (χ0n) is 15.2. The minimum atomic E-state index is -0.0240. The van der Waals surface area contributed by atoms with Gasteiger partial charge < -0.3 is 15.8 Å². The Bertz CT molecular complexity index is 233. The lowest BCUT2D eigenvalue weighted by atomic mass is 9.86. The van der Waals surface area contributed by atoms with E-state index in [9.17, 15) is 0 Å². The number of rotatable bonds is 14. The van der Waals surface area contributed by atoms with Gasteiger partial charge in [0.2, 0.25) is 0 Å². The van der Waals surface area contributed by atoms with E-state index in [0.29, 0.717) is 18.5 Å². The Morgan fingerprint density at radius 2 is 1.76 bits per heavy atom. The van der Waals surface area contributed by atoms with Gasteiger partial charge in [-0.15, -0.1) is 0 Å². The van der Waals surface area contributed by atoms with E-state index in [0.717, 1.165) is 19.4 Å². The van der Waals surface area contributed by atoms with E-state index in [1.54, 1.807) is 0 Å². The van der Waals surface area contributed by atoms with Gasteiger partial charge in [-0.3, -0.25) is 0 Å². The molecule has 0 aromatic rings. The first kappa shape index (κ1) is 20.9. The fourth-order valence-electron chi connectivity index (χ4n) is 3.19. The van der Waals surface area contributed by atoms with Crippen molar-refractivity contribution in [1.82, 2.24) is 5.32 Å². The highest BCUT2D eigenvalue weighted by Crippen LogP contribution is 2.27. The summed E-state index contributed by atoms with van der Waals surface area (Å²) in [6.07, 6.45) is 10.1. The molecule has 0 aliphatic rings. The molecule has 0 saturated carbocycles. The molecule has 0 bridgehead atoms. The van der Waals surface area contributed by atoms with Crippen LogP contribution in [0.3, 0.4) is 0 Å². The number of ether oxygens (including phenoxy) is 1. The van der Waals surface area contributed by atoms with Gasteiger partial charge in [-0.1, -0.05) is 52.9 Å². The molecule has 3 heteroatoms. The fourth-order valence-corrected chi connectivity index (χ4v) is 3.19. The molecule has 3 N–H and O–H groups in total. The molecule has 0 fully saturated rings. The Morgan fingerprint density at radius 3 is 2.29 bits per heavy atom. The first-order valence-corrected chi connectivity index (χ1v) is 8.96. The topological polar surface area (TPSA) is 47.3 Å². The van der Waals surface area contributed by atoms with Gasteiger partial charge in [0.05, 0.1) is 5.60 Å². The second kappa shape index (κ2) is 12.4. The molecule has 21 heavy (non-hydrogen) atoms. The molecule has 128 valence electrons. The standard InChI is InChI=1S/C18H40N2O/c1-6-7-8-9-10-11-17(20-13-12-19)15-18(4,21-5)14-16(2)3/h16-17,20H,6-15,19H2,1-5H3. The van der Waals surface area contributed by atoms with Crippen LogP contribution in [-0.2, 0) is 4.74 Å².